The number of nitrogens with one attached hydrogen (secondary N) is 1. The summed E-state index contributed by atoms with van der Waals surface area (Å²) >= 11 is 0. The summed E-state index contributed by atoms with van der Waals surface area (Å²) in [5, 5.41) is 8.55. The number of aromatic nitrogens is 2. The lowest BCUT2D eigenvalue weighted by molar-refractivity contribution is -0.119. The molecule has 5 heteroatoms. The van der Waals surface area contributed by atoms with Gasteiger partial charge in [0, 0.05) is 30.1 Å². The second kappa shape index (κ2) is 13.2. The Labute approximate surface area is 227 Å². The van der Waals surface area contributed by atoms with Crippen molar-refractivity contribution in [3.63, 3.8) is 0 Å². The zero-order chi connectivity index (χ0) is 26.9. The van der Waals surface area contributed by atoms with Gasteiger partial charge >= 0.3 is 0 Å². The van der Waals surface area contributed by atoms with Crippen LogP contribution in [0.2, 0.25) is 0 Å². The van der Waals surface area contributed by atoms with Gasteiger partial charge in [0.25, 0.3) is 0 Å². The van der Waals surface area contributed by atoms with Crippen molar-refractivity contribution in [3.05, 3.63) is 95.7 Å². The fourth-order valence-corrected chi connectivity index (χ4v) is 4.30. The van der Waals surface area contributed by atoms with Crippen molar-refractivity contribution in [2.75, 3.05) is 25.5 Å². The summed E-state index contributed by atoms with van der Waals surface area (Å²) in [6, 6.07) is 26.8. The summed E-state index contributed by atoms with van der Waals surface area (Å²) in [5.41, 5.74) is 5.60. The van der Waals surface area contributed by atoms with Crippen LogP contribution in [-0.4, -0.2) is 41.6 Å². The molecule has 0 bridgehead atoms. The first kappa shape index (κ1) is 27.3. The van der Waals surface area contributed by atoms with E-state index >= 15 is 0 Å². The van der Waals surface area contributed by atoms with Crippen molar-refractivity contribution in [1.82, 2.24) is 15.1 Å². The summed E-state index contributed by atoms with van der Waals surface area (Å²) in [4.78, 5) is 16.4. The molecule has 5 rings (SSSR count). The average Bonchev–Trinajstić information content (AvgIpc) is 3.69. The van der Waals surface area contributed by atoms with Crippen LogP contribution in [0.5, 0.6) is 0 Å². The number of rotatable bonds is 9. The van der Waals surface area contributed by atoms with Gasteiger partial charge in [-0.05, 0) is 74.7 Å². The minimum atomic E-state index is 0.294. The molecule has 1 aliphatic carbocycles. The van der Waals surface area contributed by atoms with Crippen LogP contribution in [-0.2, 0) is 11.3 Å². The van der Waals surface area contributed by atoms with Gasteiger partial charge in [-0.15, -0.1) is 0 Å². The Morgan fingerprint density at radius 2 is 1.63 bits per heavy atom. The number of para-hydroxylation sites is 2. The molecule has 3 aromatic carbocycles. The fraction of sp³-hybridized carbons (Fsp3) is 0.333. The Morgan fingerprint density at radius 1 is 0.947 bits per heavy atom. The maximum atomic E-state index is 12.2. The molecular weight excluding hydrogens is 468 g/mol. The van der Waals surface area contributed by atoms with Gasteiger partial charge in [-0.2, -0.15) is 5.10 Å². The van der Waals surface area contributed by atoms with Crippen LogP contribution in [0.25, 0.3) is 23.1 Å². The smallest absolute Gasteiger partial charge is 0.230 e. The SMILES string of the molecule is CC(C)CCN(C(=O)C1CC1)c1ccccc1.CN(C)Cc1ccc(/C=C/c2n[nH]c3ccccc23)cc1. The van der Waals surface area contributed by atoms with Gasteiger partial charge in [-0.25, -0.2) is 0 Å². The van der Waals surface area contributed by atoms with Crippen molar-refractivity contribution in [2.45, 2.75) is 39.7 Å². The second-order valence-electron chi connectivity index (χ2n) is 10.7. The Kier molecular flexibility index (Phi) is 9.50. The lowest BCUT2D eigenvalue weighted by atomic mass is 10.1. The molecule has 0 saturated heterocycles. The Balaban J connectivity index is 0.000000181. The van der Waals surface area contributed by atoms with E-state index in [9.17, 15) is 4.79 Å². The third-order valence-corrected chi connectivity index (χ3v) is 6.60. The summed E-state index contributed by atoms with van der Waals surface area (Å²) in [6.07, 6.45) is 7.36. The molecule has 1 aromatic heterocycles. The molecule has 1 N–H and O–H groups in total. The number of nitrogens with zero attached hydrogens (tertiary/aromatic N) is 3. The number of hydrogen-bond donors (Lipinski definition) is 1. The van der Waals surface area contributed by atoms with Gasteiger partial charge in [0.1, 0.15) is 0 Å². The number of carbonyl (C=O) groups excluding carboxylic acids is 1. The topological polar surface area (TPSA) is 52.2 Å². The first-order chi connectivity index (χ1) is 18.4. The average molecular weight is 509 g/mol. The number of aromatic amines is 1. The van der Waals surface area contributed by atoms with E-state index in [-0.39, 0.29) is 0 Å². The van der Waals surface area contributed by atoms with Crippen LogP contribution in [0, 0.1) is 11.8 Å². The van der Waals surface area contributed by atoms with E-state index in [0.717, 1.165) is 54.6 Å². The standard InChI is InChI=1S/C18H19N3.C15H21NO/c1-21(2)13-15-9-7-14(8-10-15)11-12-18-16-5-3-4-6-17(16)19-20-18;1-12(2)10-11-16(15(17)13-8-9-13)14-6-4-3-5-7-14/h3-12H,13H2,1-2H3,(H,19,20);3-7,12-13H,8-11H2,1-2H3/b12-11+;. The second-order valence-corrected chi connectivity index (χ2v) is 10.7. The minimum absolute atomic E-state index is 0.294. The van der Waals surface area contributed by atoms with E-state index in [1.165, 1.54) is 11.1 Å². The van der Waals surface area contributed by atoms with Crippen molar-refractivity contribution >= 4 is 34.6 Å². The van der Waals surface area contributed by atoms with Gasteiger partial charge in [-0.3, -0.25) is 9.89 Å². The molecule has 0 aliphatic heterocycles. The highest BCUT2D eigenvalue weighted by atomic mass is 16.2. The molecule has 4 aromatic rings. The third kappa shape index (κ3) is 7.90. The van der Waals surface area contributed by atoms with Crippen molar-refractivity contribution < 1.29 is 4.79 Å². The van der Waals surface area contributed by atoms with Crippen molar-refractivity contribution in [3.8, 4) is 0 Å². The van der Waals surface area contributed by atoms with Gasteiger partial charge in [0.2, 0.25) is 5.91 Å². The summed E-state index contributed by atoms with van der Waals surface area (Å²) in [7, 11) is 4.16. The predicted octanol–water partition coefficient (Wildman–Crippen LogP) is 7.27. The Bertz CT molecular complexity index is 1320. The van der Waals surface area contributed by atoms with Crippen LogP contribution in [0.4, 0.5) is 5.69 Å². The predicted molar refractivity (Wildman–Crippen MR) is 160 cm³/mol. The van der Waals surface area contributed by atoms with E-state index in [2.05, 4.69) is 85.5 Å². The number of benzene rings is 3. The van der Waals surface area contributed by atoms with Crippen LogP contribution >= 0.6 is 0 Å². The molecule has 1 heterocycles. The number of anilines is 1. The molecule has 198 valence electrons. The largest absolute Gasteiger partial charge is 0.312 e. The first-order valence-corrected chi connectivity index (χ1v) is 13.6. The highest BCUT2D eigenvalue weighted by Gasteiger charge is 2.33. The van der Waals surface area contributed by atoms with Gasteiger partial charge in [0.15, 0.2) is 0 Å². The molecule has 5 nitrogen and oxygen atoms in total. The van der Waals surface area contributed by atoms with Gasteiger partial charge in [0.05, 0.1) is 11.2 Å². The molecule has 0 unspecified atom stereocenters. The molecular formula is C33H40N4O. The number of amides is 1. The normalized spacial score (nSPS) is 13.2. The van der Waals surface area contributed by atoms with E-state index in [1.54, 1.807) is 0 Å². The number of fused-ring (bicyclic) bond motifs is 1. The molecule has 0 spiro atoms. The maximum absolute atomic E-state index is 12.2. The van der Waals surface area contributed by atoms with Crippen LogP contribution in [0.3, 0.4) is 0 Å². The fourth-order valence-electron chi connectivity index (χ4n) is 4.30. The molecule has 0 radical (unpaired) electrons. The zero-order valence-corrected chi connectivity index (χ0v) is 23.1. The molecule has 0 atom stereocenters. The van der Waals surface area contributed by atoms with Crippen LogP contribution in [0.1, 0.15) is 49.9 Å². The molecule has 1 saturated carbocycles. The summed E-state index contributed by atoms with van der Waals surface area (Å²) < 4.78 is 0. The summed E-state index contributed by atoms with van der Waals surface area (Å²) in [6.45, 7) is 6.21. The lowest BCUT2D eigenvalue weighted by Gasteiger charge is -2.23. The van der Waals surface area contributed by atoms with E-state index in [1.807, 2.05) is 53.4 Å². The zero-order valence-electron chi connectivity index (χ0n) is 23.1. The van der Waals surface area contributed by atoms with E-state index < -0.39 is 0 Å². The number of carbonyl (C=O) groups is 1. The van der Waals surface area contributed by atoms with Gasteiger partial charge < -0.3 is 9.80 Å². The van der Waals surface area contributed by atoms with E-state index in [0.29, 0.717) is 17.7 Å². The first-order valence-electron chi connectivity index (χ1n) is 13.6. The molecule has 1 amide bonds. The highest BCUT2D eigenvalue weighted by molar-refractivity contribution is 5.96. The van der Waals surface area contributed by atoms with Crippen molar-refractivity contribution in [2.24, 2.45) is 11.8 Å². The monoisotopic (exact) mass is 508 g/mol. The highest BCUT2D eigenvalue weighted by Crippen LogP contribution is 2.33. The number of hydrogen-bond acceptors (Lipinski definition) is 3. The molecule has 1 fully saturated rings. The van der Waals surface area contributed by atoms with Gasteiger partial charge in [-0.1, -0.05) is 80.6 Å². The Morgan fingerprint density at radius 3 is 2.29 bits per heavy atom. The minimum Gasteiger partial charge on any atom is -0.312 e. The van der Waals surface area contributed by atoms with Crippen molar-refractivity contribution in [1.29, 1.82) is 0 Å². The number of H-pyrrole nitrogens is 1. The summed E-state index contributed by atoms with van der Waals surface area (Å²) in [5.74, 6) is 1.24. The van der Waals surface area contributed by atoms with E-state index in [4.69, 9.17) is 0 Å². The molecule has 1 aliphatic rings. The maximum Gasteiger partial charge on any atom is 0.230 e. The quantitative estimate of drug-likeness (QED) is 0.259. The van der Waals surface area contributed by atoms with Crippen LogP contribution in [0.15, 0.2) is 78.9 Å². The third-order valence-electron chi connectivity index (χ3n) is 6.60. The lowest BCUT2D eigenvalue weighted by Crippen LogP contribution is -2.33. The molecule has 38 heavy (non-hydrogen) atoms. The Hall–Kier alpha value is -3.70. The van der Waals surface area contributed by atoms with Crippen LogP contribution < -0.4 is 4.90 Å².